The number of hydrogen-bond acceptors (Lipinski definition) is 3. The van der Waals surface area contributed by atoms with Crippen molar-refractivity contribution in [3.8, 4) is 17.0 Å². The van der Waals surface area contributed by atoms with Gasteiger partial charge in [-0.3, -0.25) is 0 Å². The summed E-state index contributed by atoms with van der Waals surface area (Å²) in [5.74, 6) is 0.665. The number of anilines is 2. The first-order chi connectivity index (χ1) is 14.9. The molecule has 2 N–H and O–H groups in total. The summed E-state index contributed by atoms with van der Waals surface area (Å²) in [6.45, 7) is 3.98. The zero-order valence-electron chi connectivity index (χ0n) is 17.5. The molecule has 0 aliphatic rings. The maximum Gasteiger partial charge on any atom is 0.323 e. The smallest absolute Gasteiger partial charge is 0.323 e. The van der Waals surface area contributed by atoms with E-state index in [1.165, 1.54) is 0 Å². The lowest BCUT2D eigenvalue weighted by Crippen LogP contribution is -2.20. The molecule has 0 aliphatic heterocycles. The van der Waals surface area contributed by atoms with Crippen LogP contribution in [0.2, 0.25) is 5.02 Å². The van der Waals surface area contributed by atoms with Crippen molar-refractivity contribution in [2.24, 2.45) is 0 Å². The van der Waals surface area contributed by atoms with Crippen LogP contribution >= 0.6 is 11.6 Å². The van der Waals surface area contributed by atoms with E-state index in [2.05, 4.69) is 10.6 Å². The molecule has 4 rings (SSSR count). The van der Waals surface area contributed by atoms with Crippen molar-refractivity contribution in [3.63, 3.8) is 0 Å². The molecule has 5 nitrogen and oxygen atoms in total. The van der Waals surface area contributed by atoms with Crippen molar-refractivity contribution in [1.29, 1.82) is 0 Å². The van der Waals surface area contributed by atoms with E-state index in [9.17, 15) is 4.79 Å². The fraction of sp³-hybridized carbons (Fsp3) is 0.120. The highest BCUT2D eigenvalue weighted by atomic mass is 35.5. The van der Waals surface area contributed by atoms with Gasteiger partial charge in [-0.2, -0.15) is 0 Å². The summed E-state index contributed by atoms with van der Waals surface area (Å²) in [4.78, 5) is 17.2. The number of aryl methyl sites for hydroxylation is 2. The van der Waals surface area contributed by atoms with Crippen LogP contribution in [0.3, 0.4) is 0 Å². The molecule has 0 atom stereocenters. The highest BCUT2D eigenvalue weighted by molar-refractivity contribution is 6.30. The van der Waals surface area contributed by atoms with Crippen LogP contribution in [0.15, 0.2) is 66.7 Å². The molecule has 0 aliphatic carbocycles. The Morgan fingerprint density at radius 1 is 0.968 bits per heavy atom. The minimum absolute atomic E-state index is 0.311. The minimum atomic E-state index is -0.311. The van der Waals surface area contributed by atoms with E-state index < -0.39 is 0 Å². The third-order valence-corrected chi connectivity index (χ3v) is 5.23. The van der Waals surface area contributed by atoms with E-state index in [1.807, 2.05) is 80.6 Å². The van der Waals surface area contributed by atoms with Crippen LogP contribution < -0.4 is 15.4 Å². The number of carbonyl (C=O) groups is 1. The van der Waals surface area contributed by atoms with Gasteiger partial charge in [0.25, 0.3) is 0 Å². The number of nitrogens with one attached hydrogen (secondary N) is 2. The number of pyridine rings is 1. The van der Waals surface area contributed by atoms with E-state index in [0.29, 0.717) is 16.5 Å². The molecule has 0 unspecified atom stereocenters. The monoisotopic (exact) mass is 431 g/mol. The van der Waals surface area contributed by atoms with Crippen LogP contribution in [0.1, 0.15) is 11.1 Å². The van der Waals surface area contributed by atoms with E-state index >= 15 is 0 Å². The number of nitrogens with zero attached hydrogens (tertiary/aromatic N) is 1. The van der Waals surface area contributed by atoms with Crippen molar-refractivity contribution >= 4 is 39.9 Å². The molecule has 0 saturated carbocycles. The summed E-state index contributed by atoms with van der Waals surface area (Å²) in [6, 6.07) is 20.5. The molecule has 0 fully saturated rings. The van der Waals surface area contributed by atoms with Crippen molar-refractivity contribution in [2.75, 3.05) is 17.7 Å². The Morgan fingerprint density at radius 3 is 2.55 bits per heavy atom. The third-order valence-electron chi connectivity index (χ3n) is 5.00. The fourth-order valence-electron chi connectivity index (χ4n) is 3.48. The number of aromatic nitrogens is 1. The number of ether oxygens (including phenoxy) is 1. The molecular weight excluding hydrogens is 410 g/mol. The van der Waals surface area contributed by atoms with Gasteiger partial charge in [0.15, 0.2) is 0 Å². The van der Waals surface area contributed by atoms with Crippen molar-refractivity contribution < 1.29 is 9.53 Å². The summed E-state index contributed by atoms with van der Waals surface area (Å²) < 4.78 is 5.60. The molecule has 4 aromatic rings. The average molecular weight is 432 g/mol. The Hall–Kier alpha value is -3.57. The normalized spacial score (nSPS) is 10.7. The van der Waals surface area contributed by atoms with Gasteiger partial charge in [-0.05, 0) is 55.8 Å². The van der Waals surface area contributed by atoms with Crippen molar-refractivity contribution in [2.45, 2.75) is 13.8 Å². The Labute approximate surface area is 186 Å². The Kier molecular flexibility index (Phi) is 5.78. The number of amides is 2. The Morgan fingerprint density at radius 2 is 1.81 bits per heavy atom. The largest absolute Gasteiger partial charge is 0.496 e. The summed E-state index contributed by atoms with van der Waals surface area (Å²) in [7, 11) is 1.61. The standard InChI is InChI=1S/C25H22ClN3O2/c1-15-7-9-21(16(2)11-15)29-25(30)27-19-8-10-22-20(13-19)24(31-3)14-23(28-22)17-5-4-6-18(26)12-17/h4-14H,1-3H3,(H2,27,29,30). The Balaban J connectivity index is 1.61. The predicted molar refractivity (Wildman–Crippen MR) is 127 cm³/mol. The highest BCUT2D eigenvalue weighted by Gasteiger charge is 2.11. The maximum atomic E-state index is 12.5. The number of fused-ring (bicyclic) bond motifs is 1. The van der Waals surface area contributed by atoms with Gasteiger partial charge < -0.3 is 15.4 Å². The molecule has 1 aromatic heterocycles. The maximum absolute atomic E-state index is 12.5. The quantitative estimate of drug-likeness (QED) is 0.372. The van der Waals surface area contributed by atoms with Crippen LogP contribution in [0.5, 0.6) is 5.75 Å². The first-order valence-corrected chi connectivity index (χ1v) is 10.2. The summed E-state index contributed by atoms with van der Waals surface area (Å²) in [6.07, 6.45) is 0. The molecule has 0 bridgehead atoms. The van der Waals surface area contributed by atoms with Crippen LogP contribution in [0, 0.1) is 13.8 Å². The van der Waals surface area contributed by atoms with Gasteiger partial charge in [0, 0.05) is 33.4 Å². The van der Waals surface area contributed by atoms with E-state index in [-0.39, 0.29) is 6.03 Å². The first-order valence-electron chi connectivity index (χ1n) is 9.83. The highest BCUT2D eigenvalue weighted by Crippen LogP contribution is 2.32. The number of rotatable bonds is 4. The lowest BCUT2D eigenvalue weighted by atomic mass is 10.1. The van der Waals surface area contributed by atoms with Gasteiger partial charge in [0.1, 0.15) is 5.75 Å². The van der Waals surface area contributed by atoms with Gasteiger partial charge in [0.2, 0.25) is 0 Å². The van der Waals surface area contributed by atoms with Crippen molar-refractivity contribution in [3.05, 3.63) is 82.9 Å². The molecule has 6 heteroatoms. The lowest BCUT2D eigenvalue weighted by molar-refractivity contribution is 0.262. The van der Waals surface area contributed by atoms with Crippen LogP contribution in [-0.2, 0) is 0 Å². The van der Waals surface area contributed by atoms with Gasteiger partial charge in [-0.25, -0.2) is 9.78 Å². The van der Waals surface area contributed by atoms with E-state index in [1.54, 1.807) is 7.11 Å². The summed E-state index contributed by atoms with van der Waals surface area (Å²) in [5, 5.41) is 7.22. The lowest BCUT2D eigenvalue weighted by Gasteiger charge is -2.13. The van der Waals surface area contributed by atoms with Crippen LogP contribution in [-0.4, -0.2) is 18.1 Å². The molecule has 0 saturated heterocycles. The number of carbonyl (C=O) groups excluding carboxylic acids is 1. The molecule has 2 amide bonds. The zero-order chi connectivity index (χ0) is 22.0. The number of halogens is 1. The number of hydrogen-bond donors (Lipinski definition) is 2. The summed E-state index contributed by atoms with van der Waals surface area (Å²) in [5.41, 5.74) is 6.00. The fourth-order valence-corrected chi connectivity index (χ4v) is 3.67. The molecule has 156 valence electrons. The van der Waals surface area contributed by atoms with E-state index in [4.69, 9.17) is 21.3 Å². The number of methoxy groups -OCH3 is 1. The van der Waals surface area contributed by atoms with Gasteiger partial charge in [-0.15, -0.1) is 0 Å². The van der Waals surface area contributed by atoms with Crippen LogP contribution in [0.4, 0.5) is 16.2 Å². The molecule has 3 aromatic carbocycles. The molecular formula is C25H22ClN3O2. The predicted octanol–water partition coefficient (Wildman–Crippen LogP) is 6.82. The van der Waals surface area contributed by atoms with Gasteiger partial charge in [0.05, 0.1) is 18.3 Å². The molecule has 1 heterocycles. The van der Waals surface area contributed by atoms with Crippen LogP contribution in [0.25, 0.3) is 22.2 Å². The second kappa shape index (κ2) is 8.66. The molecule has 31 heavy (non-hydrogen) atoms. The third kappa shape index (κ3) is 4.62. The Bertz CT molecular complexity index is 1290. The molecule has 0 radical (unpaired) electrons. The number of urea groups is 1. The van der Waals surface area contributed by atoms with E-state index in [0.717, 1.165) is 39.0 Å². The SMILES string of the molecule is COc1cc(-c2cccc(Cl)c2)nc2ccc(NC(=O)Nc3ccc(C)cc3C)cc12. The van der Waals surface area contributed by atoms with Gasteiger partial charge in [-0.1, -0.05) is 41.4 Å². The second-order valence-corrected chi connectivity index (χ2v) is 7.79. The molecule has 0 spiro atoms. The topological polar surface area (TPSA) is 63.2 Å². The van der Waals surface area contributed by atoms with Crippen molar-refractivity contribution in [1.82, 2.24) is 4.98 Å². The summed E-state index contributed by atoms with van der Waals surface area (Å²) >= 11 is 6.13. The van der Waals surface area contributed by atoms with Gasteiger partial charge >= 0.3 is 6.03 Å². The first kappa shape index (κ1) is 20.7. The zero-order valence-corrected chi connectivity index (χ0v) is 18.2. The number of benzene rings is 3. The minimum Gasteiger partial charge on any atom is -0.496 e. The average Bonchev–Trinajstić information content (AvgIpc) is 2.75. The second-order valence-electron chi connectivity index (χ2n) is 7.35.